The van der Waals surface area contributed by atoms with Crippen LogP contribution in [0.25, 0.3) is 0 Å². The van der Waals surface area contributed by atoms with Crippen molar-refractivity contribution in [3.05, 3.63) is 194 Å². The molecule has 0 amide bonds. The van der Waals surface area contributed by atoms with Crippen LogP contribution >= 0.6 is 15.6 Å². The number of ether oxygens (including phenoxy) is 3. The number of phosphoric ester groups is 2. The van der Waals surface area contributed by atoms with E-state index in [0.717, 1.165) is 135 Å². The molecule has 0 radical (unpaired) electrons. The highest BCUT2D eigenvalue weighted by molar-refractivity contribution is 7.47. The number of phosphoric acid groups is 2. The summed E-state index contributed by atoms with van der Waals surface area (Å²) in [5.74, 6) is -1.77. The third-order valence-corrected chi connectivity index (χ3v) is 14.7. The minimum absolute atomic E-state index is 0.0295. The van der Waals surface area contributed by atoms with E-state index >= 15 is 0 Å². The number of unbranched alkanes of at least 4 members (excludes halogenated alkanes) is 6. The predicted octanol–water partition coefficient (Wildman–Crippen LogP) is 18.9. The lowest BCUT2D eigenvalue weighted by molar-refractivity contribution is -0.161. The Bertz CT molecular complexity index is 2470. The fourth-order valence-electron chi connectivity index (χ4n) is 7.76. The first kappa shape index (κ1) is 87.4. The van der Waals surface area contributed by atoms with E-state index in [9.17, 15) is 43.5 Å². The van der Waals surface area contributed by atoms with Gasteiger partial charge in [0.2, 0.25) is 0 Å². The van der Waals surface area contributed by atoms with Crippen molar-refractivity contribution in [2.75, 3.05) is 39.6 Å². The summed E-state index contributed by atoms with van der Waals surface area (Å²) in [6.07, 6.45) is 85.0. The van der Waals surface area contributed by atoms with Crippen LogP contribution in [0.1, 0.15) is 201 Å². The average molecular weight is 1340 g/mol. The van der Waals surface area contributed by atoms with Gasteiger partial charge in [0.05, 0.1) is 26.4 Å². The van der Waals surface area contributed by atoms with E-state index in [0.29, 0.717) is 25.7 Å². The number of carbonyl (C=O) groups is 3. The van der Waals surface area contributed by atoms with Crippen LogP contribution in [0.15, 0.2) is 194 Å². The van der Waals surface area contributed by atoms with Crippen LogP contribution in [0.3, 0.4) is 0 Å². The summed E-state index contributed by atoms with van der Waals surface area (Å²) in [7, 11) is -9.84. The Hall–Kier alpha value is -5.61. The molecule has 0 rings (SSSR count). The van der Waals surface area contributed by atoms with Crippen LogP contribution < -0.4 is 0 Å². The van der Waals surface area contributed by atoms with Gasteiger partial charge in [0.15, 0.2) is 6.10 Å². The molecule has 4 N–H and O–H groups in total. The van der Waals surface area contributed by atoms with Crippen LogP contribution in [-0.2, 0) is 55.8 Å². The lowest BCUT2D eigenvalue weighted by Crippen LogP contribution is -2.30. The number of aliphatic hydroxyl groups is 2. The van der Waals surface area contributed by atoms with Crippen LogP contribution in [0.5, 0.6) is 0 Å². The van der Waals surface area contributed by atoms with Gasteiger partial charge in [-0.25, -0.2) is 9.13 Å². The molecule has 0 bridgehead atoms. The highest BCUT2D eigenvalue weighted by atomic mass is 31.2. The van der Waals surface area contributed by atoms with Crippen LogP contribution in [0, 0.1) is 0 Å². The van der Waals surface area contributed by atoms with E-state index in [1.54, 1.807) is 0 Å². The first-order chi connectivity index (χ1) is 45.2. The van der Waals surface area contributed by atoms with E-state index in [2.05, 4.69) is 197 Å². The van der Waals surface area contributed by atoms with Crippen molar-refractivity contribution in [2.24, 2.45) is 0 Å². The molecule has 0 saturated heterocycles. The van der Waals surface area contributed by atoms with Crippen molar-refractivity contribution >= 4 is 33.6 Å². The smallest absolute Gasteiger partial charge is 0.463 e. The van der Waals surface area contributed by atoms with Gasteiger partial charge in [-0.3, -0.25) is 32.5 Å². The first-order valence-electron chi connectivity index (χ1n) is 33.7. The van der Waals surface area contributed by atoms with Crippen molar-refractivity contribution in [3.8, 4) is 0 Å². The lowest BCUT2D eigenvalue weighted by atomic mass is 10.1. The van der Waals surface area contributed by atoms with Gasteiger partial charge in [-0.05, 0) is 148 Å². The van der Waals surface area contributed by atoms with Gasteiger partial charge in [-0.15, -0.1) is 0 Å². The first-order valence-corrected chi connectivity index (χ1v) is 36.7. The van der Waals surface area contributed by atoms with Crippen LogP contribution in [-0.4, -0.2) is 95.9 Å². The number of esters is 3. The van der Waals surface area contributed by atoms with Gasteiger partial charge >= 0.3 is 33.6 Å². The summed E-state index contributed by atoms with van der Waals surface area (Å²) in [6, 6.07) is 0. The number of carbonyl (C=O) groups excluding carboxylic acids is 3. The Morgan fingerprint density at radius 1 is 0.301 bits per heavy atom. The molecule has 522 valence electrons. The molecule has 5 unspecified atom stereocenters. The summed E-state index contributed by atoms with van der Waals surface area (Å²) in [6.45, 7) is 2.10. The Kier molecular flexibility index (Phi) is 62.4. The van der Waals surface area contributed by atoms with Gasteiger partial charge in [0.25, 0.3) is 0 Å². The second-order valence-electron chi connectivity index (χ2n) is 21.5. The quantitative estimate of drug-likeness (QED) is 0.0146. The minimum Gasteiger partial charge on any atom is -0.463 e. The monoisotopic (exact) mass is 1330 g/mol. The summed E-state index contributed by atoms with van der Waals surface area (Å²) in [5.41, 5.74) is 0. The van der Waals surface area contributed by atoms with Crippen molar-refractivity contribution in [3.63, 3.8) is 0 Å². The van der Waals surface area contributed by atoms with Crippen molar-refractivity contribution in [1.82, 2.24) is 0 Å². The van der Waals surface area contributed by atoms with Crippen molar-refractivity contribution in [1.29, 1.82) is 0 Å². The second-order valence-corrected chi connectivity index (χ2v) is 24.4. The van der Waals surface area contributed by atoms with Crippen molar-refractivity contribution in [2.45, 2.75) is 219 Å². The molecule has 0 aliphatic carbocycles. The van der Waals surface area contributed by atoms with E-state index in [1.807, 2.05) is 18.2 Å². The highest BCUT2D eigenvalue weighted by Crippen LogP contribution is 2.45. The average Bonchev–Trinajstić information content (AvgIpc) is 3.72. The van der Waals surface area contributed by atoms with E-state index < -0.39 is 91.5 Å². The molecule has 0 heterocycles. The van der Waals surface area contributed by atoms with Crippen LogP contribution in [0.2, 0.25) is 0 Å². The topological polar surface area (TPSA) is 231 Å². The molecule has 0 aliphatic rings. The van der Waals surface area contributed by atoms with E-state index in [1.165, 1.54) is 0 Å². The highest BCUT2D eigenvalue weighted by Gasteiger charge is 2.29. The number of rotatable bonds is 61. The molecule has 0 spiro atoms. The van der Waals surface area contributed by atoms with Crippen LogP contribution in [0.4, 0.5) is 0 Å². The zero-order valence-corrected chi connectivity index (χ0v) is 58.1. The number of hydrogen-bond acceptors (Lipinski definition) is 14. The molecule has 0 aliphatic heterocycles. The summed E-state index contributed by atoms with van der Waals surface area (Å²) in [5, 5.41) is 20.5. The fraction of sp³-hybridized carbons (Fsp3) is 0.533. The molecule has 93 heavy (non-hydrogen) atoms. The Morgan fingerprint density at radius 2 is 0.559 bits per heavy atom. The van der Waals surface area contributed by atoms with Gasteiger partial charge in [-0.2, -0.15) is 0 Å². The molecular weight excluding hydrogens is 1220 g/mol. The summed E-state index contributed by atoms with van der Waals surface area (Å²) >= 11 is 0. The maximum absolute atomic E-state index is 12.9. The Labute approximate surface area is 559 Å². The third kappa shape index (κ3) is 67.6. The predicted molar refractivity (Wildman–Crippen MR) is 380 cm³/mol. The lowest BCUT2D eigenvalue weighted by Gasteiger charge is -2.21. The SMILES string of the molecule is CC/C=C\C/C=C\C/C=C\C/C=C\C/C=C\C/C=C\CCCCC(=O)OCC(O)COP(=O)(O)OCC(O)COP(=O)(O)OCC(COC(=O)CC/C=C\C/C=C\C/C=C\C/C=C\C/C=C\C/C=C\CC)OC(=O)CCCCCC/C=C\C/C=C\C/C=C\C/C=C\CC. The number of hydrogen-bond donors (Lipinski definition) is 4. The van der Waals surface area contributed by atoms with Gasteiger partial charge in [0, 0.05) is 19.3 Å². The molecule has 5 atom stereocenters. The molecular formula is C75H116O16P2. The zero-order valence-electron chi connectivity index (χ0n) is 56.3. The molecule has 18 heteroatoms. The zero-order chi connectivity index (χ0) is 68.1. The largest absolute Gasteiger partial charge is 0.472 e. The normalized spacial score (nSPS) is 15.4. The van der Waals surface area contributed by atoms with Gasteiger partial charge in [0.1, 0.15) is 25.4 Å². The van der Waals surface area contributed by atoms with E-state index in [4.69, 9.17) is 32.3 Å². The molecule has 0 saturated carbocycles. The third-order valence-electron chi connectivity index (χ3n) is 12.8. The maximum Gasteiger partial charge on any atom is 0.472 e. The molecule has 16 nitrogen and oxygen atoms in total. The molecule has 0 aromatic carbocycles. The maximum atomic E-state index is 12.9. The standard InChI is InChI=1S/C75H116O16P2/c1-4-7-10-13-16-19-22-25-28-31-33-34-36-39-40-43-46-49-52-55-58-61-73(78)85-64-70(76)65-87-92(81,82)88-66-71(77)67-89-93(83,84)90-69-72(91-75(80)63-60-57-54-51-48-45-42-37-30-27-24-21-18-15-12-9-6-3)68-86-74(79)62-59-56-53-50-47-44-41-38-35-32-29-26-23-20-17-14-11-8-5-2/h7-12,16-21,25-30,33-35,38-40,42,44-47,49,53,56,70-72,76-77H,4-6,13-15,22-24,31-32,36-37,41,43,48,50-52,54-55,57-69H2,1-3H3,(H,81,82)(H,83,84)/b10-7-,11-8-,12-9-,19-16-,20-17-,21-18-,28-25-,29-26-,30-27-,34-33-,38-35-,40-39-,45-42-,47-44-,49-46-,56-53-. The molecule has 0 fully saturated rings. The second kappa shape index (κ2) is 66.4. The minimum atomic E-state index is -4.96. The molecule has 0 aromatic rings. The Morgan fingerprint density at radius 3 is 0.925 bits per heavy atom. The number of aliphatic hydroxyl groups excluding tert-OH is 2. The Balaban J connectivity index is 4.86. The summed E-state index contributed by atoms with van der Waals surface area (Å²) < 4.78 is 60.7. The van der Waals surface area contributed by atoms with Crippen molar-refractivity contribution < 1.29 is 75.8 Å². The van der Waals surface area contributed by atoms with Gasteiger partial charge in [-0.1, -0.05) is 228 Å². The number of allylic oxidation sites excluding steroid dienone is 32. The fourth-order valence-corrected chi connectivity index (χ4v) is 9.35. The van der Waals surface area contributed by atoms with Gasteiger partial charge < -0.3 is 34.2 Å². The van der Waals surface area contributed by atoms with E-state index in [-0.39, 0.29) is 19.3 Å². The summed E-state index contributed by atoms with van der Waals surface area (Å²) in [4.78, 5) is 58.3. The molecule has 0 aromatic heterocycles.